The number of pyridine rings is 1. The van der Waals surface area contributed by atoms with Gasteiger partial charge in [0, 0.05) is 38.1 Å². The number of hydrogen-bond acceptors (Lipinski definition) is 3. The van der Waals surface area contributed by atoms with Crippen molar-refractivity contribution in [1.82, 2.24) is 19.4 Å². The number of amides is 1. The van der Waals surface area contributed by atoms with Crippen LogP contribution in [0.25, 0.3) is 11.3 Å². The summed E-state index contributed by atoms with van der Waals surface area (Å²) in [6, 6.07) is 11.6. The molecular weight excluding hydrogens is 324 g/mol. The zero-order chi connectivity index (χ0) is 18.5. The summed E-state index contributed by atoms with van der Waals surface area (Å²) in [5.41, 5.74) is 3.80. The Morgan fingerprint density at radius 1 is 1.12 bits per heavy atom. The normalized spacial score (nSPS) is 10.9. The van der Waals surface area contributed by atoms with Crippen LogP contribution in [0.4, 0.5) is 0 Å². The van der Waals surface area contributed by atoms with Gasteiger partial charge in [0.2, 0.25) is 0 Å². The molecule has 0 fully saturated rings. The molecule has 1 aromatic carbocycles. The van der Waals surface area contributed by atoms with Crippen molar-refractivity contribution in [3.63, 3.8) is 0 Å². The number of rotatable bonds is 6. The fourth-order valence-corrected chi connectivity index (χ4v) is 2.97. The molecule has 0 unspecified atom stereocenters. The van der Waals surface area contributed by atoms with Gasteiger partial charge in [-0.1, -0.05) is 32.0 Å². The summed E-state index contributed by atoms with van der Waals surface area (Å²) in [5, 5.41) is 0. The lowest BCUT2D eigenvalue weighted by Gasteiger charge is -2.25. The molecule has 0 aliphatic heterocycles. The Morgan fingerprint density at radius 2 is 1.88 bits per heavy atom. The molecule has 3 rings (SSSR count). The minimum absolute atomic E-state index is 0.0408. The molecular formula is C21H24N4O. The van der Waals surface area contributed by atoms with Gasteiger partial charge in [0.15, 0.2) is 0 Å². The van der Waals surface area contributed by atoms with E-state index < -0.39 is 0 Å². The van der Waals surface area contributed by atoms with E-state index in [0.29, 0.717) is 24.6 Å². The number of aryl methyl sites for hydroxylation is 1. The van der Waals surface area contributed by atoms with E-state index in [9.17, 15) is 4.79 Å². The van der Waals surface area contributed by atoms with Crippen LogP contribution in [0, 0.1) is 5.92 Å². The van der Waals surface area contributed by atoms with Gasteiger partial charge in [0.05, 0.1) is 18.2 Å². The summed E-state index contributed by atoms with van der Waals surface area (Å²) >= 11 is 0. The molecule has 0 spiro atoms. The quantitative estimate of drug-likeness (QED) is 0.681. The number of imidazole rings is 1. The molecule has 3 aromatic rings. The maximum Gasteiger partial charge on any atom is 0.254 e. The van der Waals surface area contributed by atoms with E-state index in [1.165, 1.54) is 0 Å². The first kappa shape index (κ1) is 17.9. The van der Waals surface area contributed by atoms with Crippen LogP contribution >= 0.6 is 0 Å². The third-order valence-corrected chi connectivity index (χ3v) is 4.21. The van der Waals surface area contributed by atoms with E-state index in [4.69, 9.17) is 0 Å². The van der Waals surface area contributed by atoms with Crippen LogP contribution in [0.5, 0.6) is 0 Å². The average molecular weight is 348 g/mol. The van der Waals surface area contributed by atoms with E-state index >= 15 is 0 Å². The molecule has 1 amide bonds. The fraction of sp³-hybridized carbons (Fsp3) is 0.286. The van der Waals surface area contributed by atoms with Crippen molar-refractivity contribution in [3.8, 4) is 11.3 Å². The molecule has 5 heteroatoms. The van der Waals surface area contributed by atoms with Gasteiger partial charge in [-0.15, -0.1) is 0 Å². The van der Waals surface area contributed by atoms with Gasteiger partial charge in [-0.3, -0.25) is 9.78 Å². The minimum atomic E-state index is 0.0408. The third-order valence-electron chi connectivity index (χ3n) is 4.21. The zero-order valence-corrected chi connectivity index (χ0v) is 15.5. The van der Waals surface area contributed by atoms with Crippen LogP contribution in [0.15, 0.2) is 61.3 Å². The van der Waals surface area contributed by atoms with Gasteiger partial charge in [0.1, 0.15) is 0 Å². The Bertz CT molecular complexity index is 853. The second-order valence-corrected chi connectivity index (χ2v) is 6.91. The van der Waals surface area contributed by atoms with E-state index in [1.54, 1.807) is 12.5 Å². The Morgan fingerprint density at radius 3 is 2.46 bits per heavy atom. The standard InChI is InChI=1S/C21H24N4O/c1-16(2)13-25(14-17-5-4-10-22-11-17)21(26)19-8-6-18(7-9-19)20-12-23-15-24(20)3/h4-12,15-16H,13-14H2,1-3H3. The van der Waals surface area contributed by atoms with Gasteiger partial charge in [-0.05, 0) is 35.2 Å². The SMILES string of the molecule is CC(C)CN(Cc1cccnc1)C(=O)c1ccc(-c2cncn2C)cc1. The molecule has 0 aliphatic carbocycles. The van der Waals surface area contributed by atoms with Crippen LogP contribution in [-0.4, -0.2) is 31.9 Å². The first-order chi connectivity index (χ1) is 12.5. The van der Waals surface area contributed by atoms with Crippen molar-refractivity contribution in [2.24, 2.45) is 13.0 Å². The monoisotopic (exact) mass is 348 g/mol. The van der Waals surface area contributed by atoms with E-state index in [1.807, 2.05) is 65.3 Å². The van der Waals surface area contributed by atoms with Crippen molar-refractivity contribution in [2.45, 2.75) is 20.4 Å². The lowest BCUT2D eigenvalue weighted by atomic mass is 10.1. The van der Waals surface area contributed by atoms with Gasteiger partial charge in [-0.2, -0.15) is 0 Å². The third kappa shape index (κ3) is 4.17. The maximum absolute atomic E-state index is 13.0. The summed E-state index contributed by atoms with van der Waals surface area (Å²) < 4.78 is 1.96. The van der Waals surface area contributed by atoms with Crippen LogP contribution in [0.2, 0.25) is 0 Å². The molecule has 2 aromatic heterocycles. The number of hydrogen-bond donors (Lipinski definition) is 0. The fourth-order valence-electron chi connectivity index (χ4n) is 2.97. The Kier molecular flexibility index (Phi) is 5.46. The molecule has 0 radical (unpaired) electrons. The first-order valence-electron chi connectivity index (χ1n) is 8.79. The molecule has 0 aliphatic rings. The number of nitrogens with zero attached hydrogens (tertiary/aromatic N) is 4. The van der Waals surface area contributed by atoms with E-state index in [2.05, 4.69) is 23.8 Å². The zero-order valence-electron chi connectivity index (χ0n) is 15.5. The Hall–Kier alpha value is -2.95. The van der Waals surface area contributed by atoms with Gasteiger partial charge in [0.25, 0.3) is 5.91 Å². The number of carbonyl (C=O) groups excluding carboxylic acids is 1. The second kappa shape index (κ2) is 7.95. The van der Waals surface area contributed by atoms with Gasteiger partial charge in [-0.25, -0.2) is 4.98 Å². The second-order valence-electron chi connectivity index (χ2n) is 6.91. The molecule has 0 atom stereocenters. The van der Waals surface area contributed by atoms with Gasteiger partial charge >= 0.3 is 0 Å². The molecule has 134 valence electrons. The highest BCUT2D eigenvalue weighted by Gasteiger charge is 2.18. The Labute approximate surface area is 154 Å². The number of aromatic nitrogens is 3. The molecule has 2 heterocycles. The Balaban J connectivity index is 1.81. The van der Waals surface area contributed by atoms with Crippen molar-refractivity contribution in [1.29, 1.82) is 0 Å². The number of benzene rings is 1. The summed E-state index contributed by atoms with van der Waals surface area (Å²) in [7, 11) is 1.96. The van der Waals surface area contributed by atoms with Gasteiger partial charge < -0.3 is 9.47 Å². The highest BCUT2D eigenvalue weighted by Crippen LogP contribution is 2.20. The lowest BCUT2D eigenvalue weighted by Crippen LogP contribution is -2.33. The van der Waals surface area contributed by atoms with E-state index in [0.717, 1.165) is 16.8 Å². The summed E-state index contributed by atoms with van der Waals surface area (Å²) in [4.78, 5) is 23.2. The largest absolute Gasteiger partial charge is 0.334 e. The topological polar surface area (TPSA) is 51.0 Å². The summed E-state index contributed by atoms with van der Waals surface area (Å²) in [6.07, 6.45) is 7.15. The predicted octanol–water partition coefficient (Wildman–Crippen LogP) is 3.78. The lowest BCUT2D eigenvalue weighted by molar-refractivity contribution is 0.0722. The average Bonchev–Trinajstić information content (AvgIpc) is 3.07. The van der Waals surface area contributed by atoms with Crippen molar-refractivity contribution in [2.75, 3.05) is 6.54 Å². The molecule has 0 saturated heterocycles. The van der Waals surface area contributed by atoms with Crippen molar-refractivity contribution < 1.29 is 4.79 Å². The smallest absolute Gasteiger partial charge is 0.254 e. The van der Waals surface area contributed by atoms with Crippen molar-refractivity contribution in [3.05, 3.63) is 72.4 Å². The van der Waals surface area contributed by atoms with Crippen LogP contribution < -0.4 is 0 Å². The number of carbonyl (C=O) groups is 1. The molecule has 0 bridgehead atoms. The molecule has 0 N–H and O–H groups in total. The van der Waals surface area contributed by atoms with E-state index in [-0.39, 0.29) is 5.91 Å². The summed E-state index contributed by atoms with van der Waals surface area (Å²) in [5.74, 6) is 0.434. The minimum Gasteiger partial charge on any atom is -0.334 e. The van der Waals surface area contributed by atoms with Crippen molar-refractivity contribution >= 4 is 5.91 Å². The van der Waals surface area contributed by atoms with Crippen LogP contribution in [0.3, 0.4) is 0 Å². The predicted molar refractivity (Wildman–Crippen MR) is 102 cm³/mol. The maximum atomic E-state index is 13.0. The van der Waals surface area contributed by atoms with Crippen LogP contribution in [-0.2, 0) is 13.6 Å². The highest BCUT2D eigenvalue weighted by molar-refractivity contribution is 5.94. The first-order valence-corrected chi connectivity index (χ1v) is 8.79. The molecule has 0 saturated carbocycles. The van der Waals surface area contributed by atoms with Crippen LogP contribution in [0.1, 0.15) is 29.8 Å². The summed E-state index contributed by atoms with van der Waals surface area (Å²) in [6.45, 7) is 5.51. The highest BCUT2D eigenvalue weighted by atomic mass is 16.2. The molecule has 5 nitrogen and oxygen atoms in total. The molecule has 26 heavy (non-hydrogen) atoms.